The van der Waals surface area contributed by atoms with Gasteiger partial charge in [0.15, 0.2) is 5.96 Å². The largest absolute Gasteiger partial charge is 0.357 e. The maximum absolute atomic E-state index is 4.85. The molecule has 1 aromatic carbocycles. The number of fused-ring (bicyclic) bond motifs is 1. The first-order chi connectivity index (χ1) is 11.2. The second-order valence-electron chi connectivity index (χ2n) is 6.44. The van der Waals surface area contributed by atoms with E-state index < -0.39 is 0 Å². The number of aromatic nitrogens is 2. The molecule has 132 valence electrons. The van der Waals surface area contributed by atoms with Crippen LogP contribution in [0.25, 0.3) is 11.0 Å². The van der Waals surface area contributed by atoms with Crippen molar-refractivity contribution in [2.45, 2.75) is 33.2 Å². The number of imidazole rings is 1. The molecular weight excluding hydrogens is 413 g/mol. The van der Waals surface area contributed by atoms with Gasteiger partial charge in [0.2, 0.25) is 0 Å². The molecule has 1 aromatic heterocycles. The van der Waals surface area contributed by atoms with Crippen LogP contribution in [0.2, 0.25) is 0 Å². The lowest BCUT2D eigenvalue weighted by atomic mass is 10.0. The van der Waals surface area contributed by atoms with Crippen LogP contribution < -0.4 is 5.32 Å². The van der Waals surface area contributed by atoms with E-state index in [-0.39, 0.29) is 24.0 Å². The minimum Gasteiger partial charge on any atom is -0.357 e. The van der Waals surface area contributed by atoms with Gasteiger partial charge in [-0.25, -0.2) is 9.98 Å². The lowest BCUT2D eigenvalue weighted by molar-refractivity contribution is 0.266. The summed E-state index contributed by atoms with van der Waals surface area (Å²) in [5.41, 5.74) is 2.20. The van der Waals surface area contributed by atoms with Gasteiger partial charge in [-0.05, 0) is 37.8 Å². The van der Waals surface area contributed by atoms with E-state index in [9.17, 15) is 0 Å². The first kappa shape index (κ1) is 19.0. The summed E-state index contributed by atoms with van der Waals surface area (Å²) in [7, 11) is 2.07. The van der Waals surface area contributed by atoms with Gasteiger partial charge in [-0.2, -0.15) is 0 Å². The number of piperidine rings is 1. The molecule has 5 nitrogen and oxygen atoms in total. The number of benzene rings is 1. The van der Waals surface area contributed by atoms with Crippen molar-refractivity contribution in [1.29, 1.82) is 0 Å². The van der Waals surface area contributed by atoms with Crippen molar-refractivity contribution in [3.05, 3.63) is 30.1 Å². The third-order valence-corrected chi connectivity index (χ3v) is 4.54. The molecular formula is C18H28IN5. The van der Waals surface area contributed by atoms with Gasteiger partial charge in [0.1, 0.15) is 12.4 Å². The minimum atomic E-state index is 0. The van der Waals surface area contributed by atoms with Crippen LogP contribution >= 0.6 is 24.0 Å². The van der Waals surface area contributed by atoms with Gasteiger partial charge in [0.25, 0.3) is 0 Å². The molecule has 0 radical (unpaired) electrons. The van der Waals surface area contributed by atoms with Crippen molar-refractivity contribution in [2.75, 3.05) is 19.6 Å². The smallest absolute Gasteiger partial charge is 0.194 e. The number of guanidine groups is 1. The molecule has 1 fully saturated rings. The number of aliphatic imine (C=N–C) groups is 1. The van der Waals surface area contributed by atoms with Crippen molar-refractivity contribution in [3.63, 3.8) is 0 Å². The van der Waals surface area contributed by atoms with Crippen molar-refractivity contribution < 1.29 is 0 Å². The van der Waals surface area contributed by atoms with Crippen molar-refractivity contribution in [1.82, 2.24) is 19.8 Å². The summed E-state index contributed by atoms with van der Waals surface area (Å²) in [5, 5.41) is 3.44. The zero-order valence-electron chi connectivity index (χ0n) is 14.8. The molecule has 0 bridgehead atoms. The number of hydrogen-bond acceptors (Lipinski definition) is 2. The maximum atomic E-state index is 4.85. The summed E-state index contributed by atoms with van der Waals surface area (Å²) in [5.74, 6) is 2.76. The van der Waals surface area contributed by atoms with E-state index >= 15 is 0 Å². The second kappa shape index (κ2) is 8.69. The van der Waals surface area contributed by atoms with Crippen molar-refractivity contribution in [2.24, 2.45) is 18.0 Å². The molecule has 1 aliphatic heterocycles. The minimum absolute atomic E-state index is 0. The molecule has 0 aliphatic carbocycles. The Bertz CT molecular complexity index is 694. The average Bonchev–Trinajstić information content (AvgIpc) is 2.88. The lowest BCUT2D eigenvalue weighted by Gasteiger charge is -2.33. The predicted octanol–water partition coefficient (Wildman–Crippen LogP) is 3.39. The summed E-state index contributed by atoms with van der Waals surface area (Å²) in [6.07, 6.45) is 2.57. The zero-order valence-corrected chi connectivity index (χ0v) is 17.2. The number of aryl methyl sites for hydroxylation is 1. The van der Waals surface area contributed by atoms with Gasteiger partial charge in [0.05, 0.1) is 11.0 Å². The summed E-state index contributed by atoms with van der Waals surface area (Å²) in [6.45, 7) is 8.14. The quantitative estimate of drug-likeness (QED) is 0.451. The van der Waals surface area contributed by atoms with Crippen LogP contribution in [-0.4, -0.2) is 40.0 Å². The fourth-order valence-corrected chi connectivity index (χ4v) is 3.29. The molecule has 1 saturated heterocycles. The van der Waals surface area contributed by atoms with E-state index in [1.807, 2.05) is 6.07 Å². The predicted molar refractivity (Wildman–Crippen MR) is 111 cm³/mol. The first-order valence-electron chi connectivity index (χ1n) is 8.62. The van der Waals surface area contributed by atoms with Gasteiger partial charge in [-0.1, -0.05) is 19.1 Å². The molecule has 3 rings (SSSR count). The number of halogens is 1. The molecule has 0 spiro atoms. The number of para-hydroxylation sites is 2. The third kappa shape index (κ3) is 4.20. The van der Waals surface area contributed by atoms with Gasteiger partial charge in [-0.3, -0.25) is 0 Å². The molecule has 24 heavy (non-hydrogen) atoms. The fourth-order valence-electron chi connectivity index (χ4n) is 3.29. The van der Waals surface area contributed by atoms with Crippen LogP contribution in [0.15, 0.2) is 29.3 Å². The lowest BCUT2D eigenvalue weighted by Crippen LogP contribution is -2.46. The Balaban J connectivity index is 0.00000208. The highest BCUT2D eigenvalue weighted by Crippen LogP contribution is 2.17. The molecule has 2 aromatic rings. The molecule has 1 aliphatic rings. The Morgan fingerprint density at radius 2 is 2.17 bits per heavy atom. The Morgan fingerprint density at radius 3 is 2.88 bits per heavy atom. The van der Waals surface area contributed by atoms with Gasteiger partial charge in [0, 0.05) is 26.7 Å². The standard InChI is InChI=1S/C18H27N5.HI/c1-4-19-18(23-11-7-8-14(2)13-23)20-12-17-21-15-9-5-6-10-16(15)22(17)3;/h5-6,9-10,14H,4,7-8,11-13H2,1-3H3,(H,19,20);1H. The summed E-state index contributed by atoms with van der Waals surface area (Å²) in [6, 6.07) is 8.24. The summed E-state index contributed by atoms with van der Waals surface area (Å²) in [4.78, 5) is 11.9. The molecule has 0 saturated carbocycles. The van der Waals surface area contributed by atoms with E-state index in [1.54, 1.807) is 0 Å². The molecule has 1 N–H and O–H groups in total. The second-order valence-corrected chi connectivity index (χ2v) is 6.44. The molecule has 0 amide bonds. The van der Waals surface area contributed by atoms with E-state index in [4.69, 9.17) is 9.98 Å². The van der Waals surface area contributed by atoms with E-state index in [2.05, 4.69) is 53.9 Å². The van der Waals surface area contributed by atoms with Crippen LogP contribution in [0.1, 0.15) is 32.5 Å². The normalized spacial score (nSPS) is 18.5. The SMILES string of the molecule is CCNC(=NCc1nc2ccccc2n1C)N1CCCC(C)C1.I. The topological polar surface area (TPSA) is 45.5 Å². The molecule has 1 atom stereocenters. The highest BCUT2D eigenvalue weighted by molar-refractivity contribution is 14.0. The highest BCUT2D eigenvalue weighted by Gasteiger charge is 2.19. The Labute approximate surface area is 161 Å². The summed E-state index contributed by atoms with van der Waals surface area (Å²) >= 11 is 0. The Kier molecular flexibility index (Phi) is 6.89. The monoisotopic (exact) mass is 441 g/mol. The molecule has 6 heteroatoms. The van der Waals surface area contributed by atoms with Crippen LogP contribution in [0.5, 0.6) is 0 Å². The highest BCUT2D eigenvalue weighted by atomic mass is 127. The van der Waals surface area contributed by atoms with Crippen LogP contribution in [0.4, 0.5) is 0 Å². The Morgan fingerprint density at radius 1 is 1.38 bits per heavy atom. The number of rotatable bonds is 3. The van der Waals surface area contributed by atoms with Gasteiger partial charge >= 0.3 is 0 Å². The van der Waals surface area contributed by atoms with E-state index in [0.29, 0.717) is 6.54 Å². The zero-order chi connectivity index (χ0) is 16.2. The summed E-state index contributed by atoms with van der Waals surface area (Å²) < 4.78 is 2.14. The maximum Gasteiger partial charge on any atom is 0.194 e. The van der Waals surface area contributed by atoms with Crippen molar-refractivity contribution in [3.8, 4) is 0 Å². The number of hydrogen-bond donors (Lipinski definition) is 1. The van der Waals surface area contributed by atoms with E-state index in [1.165, 1.54) is 12.8 Å². The third-order valence-electron chi connectivity index (χ3n) is 4.54. The fraction of sp³-hybridized carbons (Fsp3) is 0.556. The Hall–Kier alpha value is -1.31. The van der Waals surface area contributed by atoms with Crippen LogP contribution in [-0.2, 0) is 13.6 Å². The van der Waals surface area contributed by atoms with Gasteiger partial charge < -0.3 is 14.8 Å². The van der Waals surface area contributed by atoms with Crippen LogP contribution in [0, 0.1) is 5.92 Å². The molecule has 2 heterocycles. The average molecular weight is 441 g/mol. The number of likely N-dealkylation sites (tertiary alicyclic amines) is 1. The van der Waals surface area contributed by atoms with E-state index in [0.717, 1.165) is 48.4 Å². The first-order valence-corrected chi connectivity index (χ1v) is 8.62. The molecule has 1 unspecified atom stereocenters. The number of nitrogens with zero attached hydrogens (tertiary/aromatic N) is 4. The van der Waals surface area contributed by atoms with Crippen LogP contribution in [0.3, 0.4) is 0 Å². The number of nitrogens with one attached hydrogen (secondary N) is 1. The van der Waals surface area contributed by atoms with Crippen molar-refractivity contribution >= 4 is 41.0 Å². The van der Waals surface area contributed by atoms with Gasteiger partial charge in [-0.15, -0.1) is 24.0 Å².